The molecule has 1 aromatic carbocycles. The highest BCUT2D eigenvalue weighted by Crippen LogP contribution is 2.26. The number of hydrogen-bond acceptors (Lipinski definition) is 4. The molecule has 0 saturated carbocycles. The van der Waals surface area contributed by atoms with Crippen LogP contribution in [0, 0.1) is 4.77 Å². The van der Waals surface area contributed by atoms with Crippen molar-refractivity contribution in [3.05, 3.63) is 34.9 Å². The lowest BCUT2D eigenvalue weighted by Gasteiger charge is -2.21. The van der Waals surface area contributed by atoms with Gasteiger partial charge in [0.1, 0.15) is 11.6 Å². The molecule has 21 heavy (non-hydrogen) atoms. The lowest BCUT2D eigenvalue weighted by Crippen LogP contribution is -2.36. The number of rotatable bonds is 3. The molecule has 1 unspecified atom stereocenters. The Kier molecular flexibility index (Phi) is 3.74. The van der Waals surface area contributed by atoms with Crippen molar-refractivity contribution < 1.29 is 9.53 Å². The molecular formula is C14H16N4O2S. The first-order valence-electron chi connectivity index (χ1n) is 6.80. The Balaban J connectivity index is 2.08. The van der Waals surface area contributed by atoms with Crippen LogP contribution in [0.4, 0.5) is 0 Å². The van der Waals surface area contributed by atoms with Crippen molar-refractivity contribution >= 4 is 18.1 Å². The van der Waals surface area contributed by atoms with E-state index in [4.69, 9.17) is 17.0 Å². The van der Waals surface area contributed by atoms with E-state index in [1.54, 1.807) is 11.7 Å². The fraction of sp³-hybridized carbons (Fsp3) is 0.357. The Morgan fingerprint density at radius 3 is 3.10 bits per heavy atom. The molecule has 2 aromatic rings. The molecule has 7 heteroatoms. The molecule has 0 radical (unpaired) electrons. The van der Waals surface area contributed by atoms with Gasteiger partial charge in [-0.25, -0.2) is 0 Å². The van der Waals surface area contributed by atoms with Crippen LogP contribution in [0.5, 0.6) is 5.75 Å². The van der Waals surface area contributed by atoms with Gasteiger partial charge < -0.3 is 10.1 Å². The quantitative estimate of drug-likeness (QED) is 0.850. The van der Waals surface area contributed by atoms with Crippen LogP contribution in [0.25, 0.3) is 5.69 Å². The van der Waals surface area contributed by atoms with Gasteiger partial charge in [-0.05, 0) is 37.2 Å². The molecule has 110 valence electrons. The number of carbonyl (C=O) groups excluding carboxylic acids is 1. The zero-order valence-electron chi connectivity index (χ0n) is 11.6. The van der Waals surface area contributed by atoms with Gasteiger partial charge in [0.05, 0.1) is 18.7 Å². The lowest BCUT2D eigenvalue weighted by molar-refractivity contribution is -0.124. The first-order chi connectivity index (χ1) is 10.2. The van der Waals surface area contributed by atoms with Crippen molar-refractivity contribution in [2.75, 3.05) is 13.7 Å². The molecular weight excluding hydrogens is 288 g/mol. The number of nitrogens with zero attached hydrogens (tertiary/aromatic N) is 2. The van der Waals surface area contributed by atoms with Crippen LogP contribution in [0.3, 0.4) is 0 Å². The fourth-order valence-electron chi connectivity index (χ4n) is 2.56. The molecule has 1 saturated heterocycles. The second kappa shape index (κ2) is 5.69. The molecule has 6 nitrogen and oxygen atoms in total. The summed E-state index contributed by atoms with van der Waals surface area (Å²) in [7, 11) is 1.61. The molecule has 1 amide bonds. The predicted octanol–water partition coefficient (Wildman–Crippen LogP) is 1.93. The highest BCUT2D eigenvalue weighted by Gasteiger charge is 2.29. The summed E-state index contributed by atoms with van der Waals surface area (Å²) in [5.74, 6) is 1.09. The second-order valence-corrected chi connectivity index (χ2v) is 5.30. The number of carbonyl (C=O) groups is 1. The van der Waals surface area contributed by atoms with Gasteiger partial charge >= 0.3 is 0 Å². The van der Waals surface area contributed by atoms with Crippen LogP contribution in [0.2, 0.25) is 0 Å². The first kappa shape index (κ1) is 13.8. The Morgan fingerprint density at radius 2 is 2.33 bits per heavy atom. The molecule has 0 spiro atoms. The monoisotopic (exact) mass is 304 g/mol. The molecule has 2 N–H and O–H groups in total. The number of methoxy groups -OCH3 is 1. The van der Waals surface area contributed by atoms with E-state index in [1.807, 2.05) is 24.3 Å². The smallest absolute Gasteiger partial charge is 0.230 e. The van der Waals surface area contributed by atoms with Gasteiger partial charge in [-0.2, -0.15) is 5.10 Å². The van der Waals surface area contributed by atoms with Crippen LogP contribution in [-0.2, 0) is 4.79 Å². The van der Waals surface area contributed by atoms with Crippen molar-refractivity contribution in [2.45, 2.75) is 18.8 Å². The van der Waals surface area contributed by atoms with Crippen molar-refractivity contribution in [1.29, 1.82) is 0 Å². The second-order valence-electron chi connectivity index (χ2n) is 4.91. The minimum absolute atomic E-state index is 0.000559. The highest BCUT2D eigenvalue weighted by atomic mass is 32.1. The number of amides is 1. The third kappa shape index (κ3) is 2.56. The third-order valence-corrected chi connectivity index (χ3v) is 3.88. The SMILES string of the molecule is COc1cccc(-n2c(C3CCCNC3=O)n[nH]c2=S)c1. The first-order valence-corrected chi connectivity index (χ1v) is 7.21. The summed E-state index contributed by atoms with van der Waals surface area (Å²) < 4.78 is 7.51. The molecule has 0 bridgehead atoms. The Bertz CT molecular complexity index is 722. The van der Waals surface area contributed by atoms with E-state index < -0.39 is 0 Å². The highest BCUT2D eigenvalue weighted by molar-refractivity contribution is 7.71. The molecule has 1 aliphatic heterocycles. The number of H-pyrrole nitrogens is 1. The Labute approximate surface area is 127 Å². The van der Waals surface area contributed by atoms with E-state index in [9.17, 15) is 4.79 Å². The molecule has 1 fully saturated rings. The van der Waals surface area contributed by atoms with Crippen molar-refractivity contribution in [3.63, 3.8) is 0 Å². The van der Waals surface area contributed by atoms with Crippen molar-refractivity contribution in [2.24, 2.45) is 0 Å². The van der Waals surface area contributed by atoms with Gasteiger partial charge in [0, 0.05) is 12.6 Å². The maximum Gasteiger partial charge on any atom is 0.230 e. The maximum absolute atomic E-state index is 12.1. The number of nitrogens with one attached hydrogen (secondary N) is 2. The van der Waals surface area contributed by atoms with Crippen LogP contribution < -0.4 is 10.1 Å². The molecule has 2 heterocycles. The van der Waals surface area contributed by atoms with Crippen molar-refractivity contribution in [1.82, 2.24) is 20.1 Å². The number of aromatic nitrogens is 3. The number of ether oxygens (including phenoxy) is 1. The summed E-state index contributed by atoms with van der Waals surface area (Å²) in [6, 6.07) is 7.53. The zero-order valence-corrected chi connectivity index (χ0v) is 12.4. The number of benzene rings is 1. The molecule has 0 aliphatic carbocycles. The third-order valence-electron chi connectivity index (χ3n) is 3.61. The lowest BCUT2D eigenvalue weighted by atomic mass is 9.97. The van der Waals surface area contributed by atoms with E-state index >= 15 is 0 Å². The van der Waals surface area contributed by atoms with Gasteiger partial charge in [-0.3, -0.25) is 14.5 Å². The van der Waals surface area contributed by atoms with Crippen LogP contribution in [0.15, 0.2) is 24.3 Å². The summed E-state index contributed by atoms with van der Waals surface area (Å²) in [5, 5.41) is 9.93. The van der Waals surface area contributed by atoms with Gasteiger partial charge in [0.25, 0.3) is 0 Å². The zero-order chi connectivity index (χ0) is 14.8. The summed E-state index contributed by atoms with van der Waals surface area (Å²) in [5.41, 5.74) is 0.835. The maximum atomic E-state index is 12.1. The summed E-state index contributed by atoms with van der Waals surface area (Å²) in [4.78, 5) is 12.1. The van der Waals surface area contributed by atoms with E-state index in [0.29, 0.717) is 10.6 Å². The largest absolute Gasteiger partial charge is 0.497 e. The van der Waals surface area contributed by atoms with E-state index in [0.717, 1.165) is 30.8 Å². The minimum atomic E-state index is -0.280. The fourth-order valence-corrected chi connectivity index (χ4v) is 2.80. The van der Waals surface area contributed by atoms with Gasteiger partial charge in [-0.15, -0.1) is 0 Å². The van der Waals surface area contributed by atoms with Gasteiger partial charge in [0.15, 0.2) is 4.77 Å². The van der Waals surface area contributed by atoms with Crippen LogP contribution in [0.1, 0.15) is 24.6 Å². The summed E-state index contributed by atoms with van der Waals surface area (Å²) in [6.07, 6.45) is 1.71. The van der Waals surface area contributed by atoms with E-state index in [2.05, 4.69) is 15.5 Å². The number of piperidine rings is 1. The van der Waals surface area contributed by atoms with Crippen LogP contribution in [-0.4, -0.2) is 34.3 Å². The molecule has 3 rings (SSSR count). The standard InChI is InChI=1S/C14H16N4O2S/c1-20-10-5-2-4-9(8-10)18-12(16-17-14(18)21)11-6-3-7-15-13(11)19/h2,4-5,8,11H,3,6-7H2,1H3,(H,15,19)(H,17,21). The molecule has 1 aliphatic rings. The van der Waals surface area contributed by atoms with Crippen LogP contribution >= 0.6 is 12.2 Å². The van der Waals surface area contributed by atoms with E-state index in [1.165, 1.54) is 0 Å². The van der Waals surface area contributed by atoms with Gasteiger partial charge in [-0.1, -0.05) is 6.07 Å². The average molecular weight is 304 g/mol. The Hall–Kier alpha value is -2.15. The predicted molar refractivity (Wildman–Crippen MR) is 80.3 cm³/mol. The number of aromatic amines is 1. The van der Waals surface area contributed by atoms with Gasteiger partial charge in [0.2, 0.25) is 5.91 Å². The molecule has 1 aromatic heterocycles. The summed E-state index contributed by atoms with van der Waals surface area (Å²) >= 11 is 5.31. The summed E-state index contributed by atoms with van der Waals surface area (Å²) in [6.45, 7) is 0.722. The average Bonchev–Trinajstić information content (AvgIpc) is 2.89. The minimum Gasteiger partial charge on any atom is -0.497 e. The van der Waals surface area contributed by atoms with E-state index in [-0.39, 0.29) is 11.8 Å². The molecule has 1 atom stereocenters. The van der Waals surface area contributed by atoms with Crippen molar-refractivity contribution in [3.8, 4) is 11.4 Å². The topological polar surface area (TPSA) is 71.9 Å². The number of hydrogen-bond donors (Lipinski definition) is 2. The Morgan fingerprint density at radius 1 is 1.48 bits per heavy atom. The normalized spacial score (nSPS) is 18.3.